The van der Waals surface area contributed by atoms with Crippen molar-refractivity contribution < 1.29 is 27.2 Å². The van der Waals surface area contributed by atoms with E-state index in [1.807, 2.05) is 11.8 Å². The average Bonchev–Trinajstić information content (AvgIpc) is 2.99. The number of carbonyl (C=O) groups excluding carboxylic acids is 1. The number of amides is 1. The van der Waals surface area contributed by atoms with Gasteiger partial charge in [0.05, 0.1) is 12.0 Å². The molecule has 0 saturated carbocycles. The van der Waals surface area contributed by atoms with Crippen LogP contribution >= 0.6 is 0 Å². The molecule has 1 aromatic carbocycles. The predicted molar refractivity (Wildman–Crippen MR) is 98.2 cm³/mol. The average molecular weight is 398 g/mol. The summed E-state index contributed by atoms with van der Waals surface area (Å²) in [5.41, 5.74) is 0.833. The maximum Gasteiger partial charge on any atom is 0.453 e. The van der Waals surface area contributed by atoms with Gasteiger partial charge in [0.15, 0.2) is 0 Å². The third kappa shape index (κ3) is 4.59. The maximum absolute atomic E-state index is 13.1. The Bertz CT molecular complexity index is 817. The van der Waals surface area contributed by atoms with Gasteiger partial charge in [-0.2, -0.15) is 13.2 Å². The van der Waals surface area contributed by atoms with Gasteiger partial charge in [-0.05, 0) is 37.8 Å². The Hall–Kier alpha value is -2.25. The predicted octanol–water partition coefficient (Wildman–Crippen LogP) is 4.97. The Balaban J connectivity index is 1.68. The molecule has 28 heavy (non-hydrogen) atoms. The highest BCUT2D eigenvalue weighted by Crippen LogP contribution is 2.38. The lowest BCUT2D eigenvalue weighted by Gasteiger charge is -2.20. The SMILES string of the molecule is CCCc1c(OCCCN2CCCCCC2=O)ccc2c(C(F)(F)F)onc12. The topological polar surface area (TPSA) is 55.6 Å². The van der Waals surface area contributed by atoms with Crippen molar-refractivity contribution >= 4 is 16.8 Å². The molecule has 0 bridgehead atoms. The van der Waals surface area contributed by atoms with E-state index in [0.717, 1.165) is 32.2 Å². The number of alkyl halides is 3. The van der Waals surface area contributed by atoms with Gasteiger partial charge in [-0.1, -0.05) is 24.9 Å². The highest BCUT2D eigenvalue weighted by atomic mass is 19.4. The summed E-state index contributed by atoms with van der Waals surface area (Å²) in [6, 6.07) is 2.90. The second-order valence-electron chi connectivity index (χ2n) is 7.09. The molecule has 1 saturated heterocycles. The molecular formula is C20H25F3N2O3. The minimum Gasteiger partial charge on any atom is -0.493 e. The Kier molecular flexibility index (Phi) is 6.46. The molecule has 2 aromatic rings. The normalized spacial score (nSPS) is 15.9. The van der Waals surface area contributed by atoms with Gasteiger partial charge in [-0.3, -0.25) is 4.79 Å². The molecule has 3 rings (SSSR count). The lowest BCUT2D eigenvalue weighted by molar-refractivity contribution is -0.154. The van der Waals surface area contributed by atoms with Gasteiger partial charge < -0.3 is 14.2 Å². The molecule has 1 fully saturated rings. The molecule has 0 atom stereocenters. The molecule has 0 unspecified atom stereocenters. The maximum atomic E-state index is 13.1. The van der Waals surface area contributed by atoms with Crippen molar-refractivity contribution in [2.45, 2.75) is 58.0 Å². The standard InChI is InChI=1S/C20H25F3N2O3/c1-2-7-14-16(10-9-15-18(14)24-28-19(15)20(21,22)23)27-13-6-12-25-11-5-3-4-8-17(25)26/h9-10H,2-8,11-13H2,1H3. The van der Waals surface area contributed by atoms with E-state index in [0.29, 0.717) is 43.7 Å². The molecule has 0 spiro atoms. The Morgan fingerprint density at radius 3 is 2.82 bits per heavy atom. The molecule has 0 aliphatic carbocycles. The van der Waals surface area contributed by atoms with Crippen molar-refractivity contribution in [3.8, 4) is 5.75 Å². The fourth-order valence-corrected chi connectivity index (χ4v) is 3.59. The minimum absolute atomic E-state index is 0.0431. The third-order valence-corrected chi connectivity index (χ3v) is 4.97. The van der Waals surface area contributed by atoms with Crippen LogP contribution in [0.25, 0.3) is 10.9 Å². The summed E-state index contributed by atoms with van der Waals surface area (Å²) in [5, 5.41) is 3.62. The van der Waals surface area contributed by atoms with E-state index in [1.54, 1.807) is 6.07 Å². The van der Waals surface area contributed by atoms with Gasteiger partial charge in [0, 0.05) is 25.1 Å². The zero-order valence-corrected chi connectivity index (χ0v) is 16.0. The molecule has 2 heterocycles. The first-order valence-corrected chi connectivity index (χ1v) is 9.81. The Morgan fingerprint density at radius 1 is 1.25 bits per heavy atom. The number of carbonyl (C=O) groups is 1. The lowest BCUT2D eigenvalue weighted by Crippen LogP contribution is -2.32. The molecule has 1 aromatic heterocycles. The van der Waals surface area contributed by atoms with Crippen molar-refractivity contribution in [3.63, 3.8) is 0 Å². The van der Waals surface area contributed by atoms with Crippen molar-refractivity contribution in [1.82, 2.24) is 10.1 Å². The second-order valence-corrected chi connectivity index (χ2v) is 7.09. The zero-order valence-electron chi connectivity index (χ0n) is 16.0. The summed E-state index contributed by atoms with van der Waals surface area (Å²) in [5.74, 6) is -0.363. The van der Waals surface area contributed by atoms with Crippen molar-refractivity contribution in [1.29, 1.82) is 0 Å². The van der Waals surface area contributed by atoms with E-state index < -0.39 is 11.9 Å². The fourth-order valence-electron chi connectivity index (χ4n) is 3.59. The second kappa shape index (κ2) is 8.84. The van der Waals surface area contributed by atoms with Gasteiger partial charge in [-0.15, -0.1) is 0 Å². The van der Waals surface area contributed by atoms with Gasteiger partial charge in [-0.25, -0.2) is 0 Å². The lowest BCUT2D eigenvalue weighted by atomic mass is 10.0. The van der Waals surface area contributed by atoms with Crippen molar-refractivity contribution in [2.75, 3.05) is 19.7 Å². The number of fused-ring (bicyclic) bond motifs is 1. The molecule has 1 aliphatic rings. The molecular weight excluding hydrogens is 373 g/mol. The van der Waals surface area contributed by atoms with Crippen molar-refractivity contribution in [3.05, 3.63) is 23.5 Å². The first-order valence-electron chi connectivity index (χ1n) is 9.81. The highest BCUT2D eigenvalue weighted by Gasteiger charge is 2.38. The minimum atomic E-state index is -4.58. The van der Waals surface area contributed by atoms with Gasteiger partial charge in [0.2, 0.25) is 11.7 Å². The molecule has 0 radical (unpaired) electrons. The van der Waals surface area contributed by atoms with Crippen LogP contribution in [0.3, 0.4) is 0 Å². The van der Waals surface area contributed by atoms with E-state index in [-0.39, 0.29) is 16.8 Å². The first-order chi connectivity index (χ1) is 13.4. The number of rotatable bonds is 7. The van der Waals surface area contributed by atoms with Crippen LogP contribution in [0.4, 0.5) is 13.2 Å². The highest BCUT2D eigenvalue weighted by molar-refractivity contribution is 5.86. The van der Waals surface area contributed by atoms with E-state index in [9.17, 15) is 18.0 Å². The van der Waals surface area contributed by atoms with Crippen LogP contribution in [0.15, 0.2) is 16.7 Å². The summed E-state index contributed by atoms with van der Waals surface area (Å²) in [6.07, 6.45) is 1.03. The molecule has 1 amide bonds. The van der Waals surface area contributed by atoms with Crippen molar-refractivity contribution in [2.24, 2.45) is 0 Å². The molecule has 1 aliphatic heterocycles. The number of hydrogen-bond donors (Lipinski definition) is 0. The van der Waals surface area contributed by atoms with Gasteiger partial charge >= 0.3 is 6.18 Å². The zero-order chi connectivity index (χ0) is 20.1. The number of aromatic nitrogens is 1. The number of likely N-dealkylation sites (tertiary alicyclic amines) is 1. The van der Waals surface area contributed by atoms with E-state index in [1.165, 1.54) is 6.07 Å². The van der Waals surface area contributed by atoms with Gasteiger partial charge in [0.25, 0.3) is 0 Å². The summed E-state index contributed by atoms with van der Waals surface area (Å²) in [4.78, 5) is 13.9. The molecule has 8 heteroatoms. The van der Waals surface area contributed by atoms with E-state index in [2.05, 4.69) is 9.68 Å². The fraction of sp³-hybridized carbons (Fsp3) is 0.600. The van der Waals surface area contributed by atoms with Gasteiger partial charge in [0.1, 0.15) is 11.3 Å². The number of hydrogen-bond acceptors (Lipinski definition) is 4. The molecule has 154 valence electrons. The van der Waals surface area contributed by atoms with Crippen LogP contribution in [0.5, 0.6) is 5.75 Å². The smallest absolute Gasteiger partial charge is 0.453 e. The monoisotopic (exact) mass is 398 g/mol. The van der Waals surface area contributed by atoms with Crippen LogP contribution < -0.4 is 4.74 Å². The number of benzene rings is 1. The number of ether oxygens (including phenoxy) is 1. The van der Waals surface area contributed by atoms with Crippen LogP contribution in [0.2, 0.25) is 0 Å². The number of halogens is 3. The van der Waals surface area contributed by atoms with E-state index in [4.69, 9.17) is 4.74 Å². The molecule has 5 nitrogen and oxygen atoms in total. The van der Waals surface area contributed by atoms with Crippen LogP contribution in [-0.2, 0) is 17.4 Å². The van der Waals surface area contributed by atoms with Crippen LogP contribution in [0, 0.1) is 0 Å². The first kappa shape index (κ1) is 20.5. The van der Waals surface area contributed by atoms with E-state index >= 15 is 0 Å². The molecule has 0 N–H and O–H groups in total. The largest absolute Gasteiger partial charge is 0.493 e. The third-order valence-electron chi connectivity index (χ3n) is 4.97. The Morgan fingerprint density at radius 2 is 2.07 bits per heavy atom. The van der Waals surface area contributed by atoms with Crippen LogP contribution in [-0.4, -0.2) is 35.7 Å². The summed E-state index contributed by atoms with van der Waals surface area (Å²) in [7, 11) is 0. The quantitative estimate of drug-likeness (QED) is 0.618. The summed E-state index contributed by atoms with van der Waals surface area (Å²) >= 11 is 0. The van der Waals surface area contributed by atoms with Crippen LogP contribution in [0.1, 0.15) is 56.8 Å². The summed E-state index contributed by atoms with van der Waals surface area (Å²) < 4.78 is 49.6. The number of aryl methyl sites for hydroxylation is 1. The number of nitrogens with zero attached hydrogens (tertiary/aromatic N) is 2. The Labute approximate surface area is 161 Å². The summed E-state index contributed by atoms with van der Waals surface area (Å²) in [6.45, 7) is 3.74.